The van der Waals surface area contributed by atoms with E-state index < -0.39 is 5.82 Å². The molecule has 3 aliphatic rings. The van der Waals surface area contributed by atoms with Crippen molar-refractivity contribution >= 4 is 11.6 Å². The maximum Gasteiger partial charge on any atom is 0.157 e. The lowest BCUT2D eigenvalue weighted by Gasteiger charge is -2.38. The Labute approximate surface area is 179 Å². The van der Waals surface area contributed by atoms with E-state index in [-0.39, 0.29) is 11.3 Å². The minimum Gasteiger partial charge on any atom is -0.493 e. The molecule has 0 radical (unpaired) electrons. The van der Waals surface area contributed by atoms with Gasteiger partial charge < -0.3 is 14.2 Å². The Morgan fingerprint density at radius 3 is 2.10 bits per heavy atom. The number of rotatable bonds is 7. The number of halogens is 2. The number of hydrogen-bond donors (Lipinski definition) is 0. The zero-order valence-electron chi connectivity index (χ0n) is 17.3. The largest absolute Gasteiger partial charge is 0.493 e. The first kappa shape index (κ1) is 21.4. The van der Waals surface area contributed by atoms with Crippen molar-refractivity contribution in [3.63, 3.8) is 0 Å². The summed E-state index contributed by atoms with van der Waals surface area (Å²) in [7, 11) is 0. The predicted molar refractivity (Wildman–Crippen MR) is 113 cm³/mol. The van der Waals surface area contributed by atoms with Crippen LogP contribution in [0.2, 0.25) is 5.02 Å². The molecule has 0 atom stereocenters. The third-order valence-corrected chi connectivity index (χ3v) is 7.62. The van der Waals surface area contributed by atoms with Gasteiger partial charge in [-0.25, -0.2) is 4.39 Å². The van der Waals surface area contributed by atoms with Gasteiger partial charge in [-0.1, -0.05) is 24.4 Å². The molecule has 3 fully saturated rings. The van der Waals surface area contributed by atoms with Gasteiger partial charge in [0.1, 0.15) is 11.6 Å². The Morgan fingerprint density at radius 2 is 1.48 bits per heavy atom. The lowest BCUT2D eigenvalue weighted by Crippen LogP contribution is -2.27. The van der Waals surface area contributed by atoms with Crippen molar-refractivity contribution in [1.82, 2.24) is 0 Å². The molecule has 29 heavy (non-hydrogen) atoms. The van der Waals surface area contributed by atoms with Crippen molar-refractivity contribution in [2.45, 2.75) is 70.5 Å². The van der Waals surface area contributed by atoms with Crippen LogP contribution in [0, 0.1) is 29.5 Å². The van der Waals surface area contributed by atoms with Gasteiger partial charge in [-0.05, 0) is 87.2 Å². The van der Waals surface area contributed by atoms with Crippen molar-refractivity contribution in [3.8, 4) is 5.75 Å². The first-order valence-corrected chi connectivity index (χ1v) is 11.9. The molecule has 0 unspecified atom stereocenters. The molecule has 0 amide bonds. The molecule has 5 heteroatoms. The summed E-state index contributed by atoms with van der Waals surface area (Å²) in [5.74, 6) is 3.57. The van der Waals surface area contributed by atoms with Gasteiger partial charge in [0.25, 0.3) is 0 Å². The van der Waals surface area contributed by atoms with E-state index in [9.17, 15) is 4.39 Å². The number of hydrogen-bond acceptors (Lipinski definition) is 3. The zero-order chi connectivity index (χ0) is 20.1. The summed E-state index contributed by atoms with van der Waals surface area (Å²) in [6, 6.07) is 4.61. The Hall–Kier alpha value is -0.840. The molecule has 1 saturated heterocycles. The summed E-state index contributed by atoms with van der Waals surface area (Å²) in [6.45, 7) is 2.25. The Balaban J connectivity index is 1.12. The highest BCUT2D eigenvalue weighted by Gasteiger charge is 2.31. The van der Waals surface area contributed by atoms with E-state index in [4.69, 9.17) is 25.8 Å². The molecular weight excluding hydrogens is 391 g/mol. The summed E-state index contributed by atoms with van der Waals surface area (Å²) >= 11 is 5.84. The van der Waals surface area contributed by atoms with Crippen LogP contribution in [0.3, 0.4) is 0 Å². The first-order valence-electron chi connectivity index (χ1n) is 11.5. The van der Waals surface area contributed by atoms with Crippen molar-refractivity contribution in [2.75, 3.05) is 19.8 Å². The number of ether oxygens (including phenoxy) is 3. The zero-order valence-corrected chi connectivity index (χ0v) is 18.0. The van der Waals surface area contributed by atoms with Gasteiger partial charge in [-0.15, -0.1) is 0 Å². The van der Waals surface area contributed by atoms with Crippen LogP contribution in [0.25, 0.3) is 0 Å². The highest BCUT2D eigenvalue weighted by molar-refractivity contribution is 6.30. The first-order chi connectivity index (χ1) is 14.2. The van der Waals surface area contributed by atoms with Crippen molar-refractivity contribution in [1.29, 1.82) is 0 Å². The molecule has 1 aromatic carbocycles. The van der Waals surface area contributed by atoms with E-state index in [0.717, 1.165) is 37.4 Å². The third kappa shape index (κ3) is 6.08. The van der Waals surface area contributed by atoms with E-state index in [1.165, 1.54) is 63.9 Å². The number of benzene rings is 1. The lowest BCUT2D eigenvalue weighted by molar-refractivity contribution is -0.0514. The Bertz CT molecular complexity index is 633. The maximum absolute atomic E-state index is 13.3. The lowest BCUT2D eigenvalue weighted by atomic mass is 9.69. The molecule has 1 heterocycles. The van der Waals surface area contributed by atoms with E-state index >= 15 is 0 Å². The Morgan fingerprint density at radius 1 is 0.862 bits per heavy atom. The van der Waals surface area contributed by atoms with Gasteiger partial charge in [0.05, 0.1) is 24.8 Å². The van der Waals surface area contributed by atoms with Crippen LogP contribution in [0.4, 0.5) is 4.39 Å². The quantitative estimate of drug-likeness (QED) is 0.492. The molecule has 1 aliphatic heterocycles. The normalized spacial score (nSPS) is 31.1. The fourth-order valence-electron chi connectivity index (χ4n) is 5.50. The van der Waals surface area contributed by atoms with Crippen LogP contribution in [-0.4, -0.2) is 26.1 Å². The minimum absolute atomic E-state index is 0.0659. The molecule has 2 saturated carbocycles. The molecule has 4 rings (SSSR count). The predicted octanol–water partition coefficient (Wildman–Crippen LogP) is 6.62. The summed E-state index contributed by atoms with van der Waals surface area (Å²) < 4.78 is 30.3. The molecule has 0 spiro atoms. The van der Waals surface area contributed by atoms with E-state index in [1.807, 2.05) is 0 Å². The Kier molecular flexibility index (Phi) is 7.71. The molecule has 0 N–H and O–H groups in total. The minimum atomic E-state index is -0.394. The van der Waals surface area contributed by atoms with E-state index in [0.29, 0.717) is 18.3 Å². The van der Waals surface area contributed by atoms with Crippen LogP contribution >= 0.6 is 11.6 Å². The van der Waals surface area contributed by atoms with Gasteiger partial charge in [-0.3, -0.25) is 0 Å². The average molecular weight is 425 g/mol. The molecule has 2 aliphatic carbocycles. The third-order valence-electron chi connectivity index (χ3n) is 7.33. The van der Waals surface area contributed by atoms with Gasteiger partial charge in [-0.2, -0.15) is 0 Å². The van der Waals surface area contributed by atoms with Crippen LogP contribution in [0.5, 0.6) is 5.75 Å². The molecular formula is C24H34ClFO3. The molecule has 0 aromatic heterocycles. The van der Waals surface area contributed by atoms with Gasteiger partial charge >= 0.3 is 0 Å². The van der Waals surface area contributed by atoms with Crippen LogP contribution < -0.4 is 4.74 Å². The van der Waals surface area contributed by atoms with Crippen LogP contribution in [0.1, 0.15) is 64.2 Å². The van der Waals surface area contributed by atoms with Crippen LogP contribution in [0.15, 0.2) is 18.2 Å². The summed E-state index contributed by atoms with van der Waals surface area (Å²) in [5, 5.41) is 0.130. The second-order valence-electron chi connectivity index (χ2n) is 9.20. The van der Waals surface area contributed by atoms with Gasteiger partial charge in [0, 0.05) is 6.07 Å². The van der Waals surface area contributed by atoms with Crippen molar-refractivity contribution < 1.29 is 18.6 Å². The summed E-state index contributed by atoms with van der Waals surface area (Å²) in [4.78, 5) is 0. The topological polar surface area (TPSA) is 27.7 Å². The SMILES string of the molecule is Fc1ccc(OC[C@H]2CC[C@H]([C@H]3CC[C@H](CCC4OCCO4)CC3)CC2)cc1Cl. The van der Waals surface area contributed by atoms with E-state index in [1.54, 1.807) is 12.1 Å². The fraction of sp³-hybridized carbons (Fsp3) is 0.750. The molecule has 3 nitrogen and oxygen atoms in total. The van der Waals surface area contributed by atoms with Gasteiger partial charge in [0.15, 0.2) is 6.29 Å². The summed E-state index contributed by atoms with van der Waals surface area (Å²) in [6.07, 6.45) is 13.1. The molecule has 1 aromatic rings. The monoisotopic (exact) mass is 424 g/mol. The summed E-state index contributed by atoms with van der Waals surface area (Å²) in [5.41, 5.74) is 0. The highest BCUT2D eigenvalue weighted by Crippen LogP contribution is 2.42. The van der Waals surface area contributed by atoms with Crippen molar-refractivity contribution in [3.05, 3.63) is 29.0 Å². The second-order valence-corrected chi connectivity index (χ2v) is 9.60. The molecule has 162 valence electrons. The van der Waals surface area contributed by atoms with Crippen molar-refractivity contribution in [2.24, 2.45) is 23.7 Å². The second kappa shape index (κ2) is 10.5. The fourth-order valence-corrected chi connectivity index (χ4v) is 5.67. The van der Waals surface area contributed by atoms with Crippen LogP contribution in [-0.2, 0) is 9.47 Å². The smallest absolute Gasteiger partial charge is 0.157 e. The molecule has 0 bridgehead atoms. The van der Waals surface area contributed by atoms with Gasteiger partial charge in [0.2, 0.25) is 0 Å². The maximum atomic E-state index is 13.3. The van der Waals surface area contributed by atoms with E-state index in [2.05, 4.69) is 0 Å². The highest BCUT2D eigenvalue weighted by atomic mass is 35.5. The average Bonchev–Trinajstić information content (AvgIpc) is 3.28. The standard InChI is InChI=1S/C24H34ClFO3/c25-22-15-21(10-11-23(22)26)29-16-18-3-8-20(9-4-18)19-6-1-17(2-7-19)5-12-24-27-13-14-28-24/h10-11,15,17-20,24H,1-9,12-14,16H2/t17-,18-,19-,20-.